The van der Waals surface area contributed by atoms with Gasteiger partial charge in [-0.15, -0.1) is 5.10 Å². The van der Waals surface area contributed by atoms with Crippen LogP contribution < -0.4 is 11.1 Å². The maximum Gasteiger partial charge on any atom is 0.420 e. The van der Waals surface area contributed by atoms with Crippen LogP contribution in [0.25, 0.3) is 11.1 Å². The smallest absolute Gasteiger partial charge is 0.408 e. The second-order valence-electron chi connectivity index (χ2n) is 7.39. The number of anilines is 1. The summed E-state index contributed by atoms with van der Waals surface area (Å²) in [5.74, 6) is -1.17. The Labute approximate surface area is 177 Å². The number of carbonyl (C=O) groups excluding carboxylic acids is 2. The number of oxazole rings is 1. The van der Waals surface area contributed by atoms with E-state index in [4.69, 9.17) is 9.15 Å². The summed E-state index contributed by atoms with van der Waals surface area (Å²) in [6.07, 6.45) is 4.58. The van der Waals surface area contributed by atoms with Crippen molar-refractivity contribution >= 4 is 28.6 Å². The molecule has 1 aromatic carbocycles. The number of piperidine rings is 1. The van der Waals surface area contributed by atoms with Gasteiger partial charge in [0.1, 0.15) is 6.54 Å². The van der Waals surface area contributed by atoms with Gasteiger partial charge in [0.25, 0.3) is 5.91 Å². The highest BCUT2D eigenvalue weighted by Gasteiger charge is 2.20. The van der Waals surface area contributed by atoms with Gasteiger partial charge >= 0.3 is 5.76 Å². The van der Waals surface area contributed by atoms with Gasteiger partial charge in [-0.2, -0.15) is 0 Å². The molecule has 1 saturated heterocycles. The lowest BCUT2D eigenvalue weighted by molar-refractivity contribution is -0.132. The number of rotatable bonds is 7. The Morgan fingerprint density at radius 2 is 2.03 bits per heavy atom. The Balaban J connectivity index is 1.51. The number of aromatic nitrogens is 4. The fourth-order valence-electron chi connectivity index (χ4n) is 3.56. The molecule has 2 aromatic heterocycles. The number of nitrogens with zero attached hydrogens (tertiary/aromatic N) is 5. The molecule has 0 unspecified atom stereocenters. The lowest BCUT2D eigenvalue weighted by atomic mass is 10.1. The van der Waals surface area contributed by atoms with Crippen molar-refractivity contribution in [2.45, 2.75) is 32.4 Å². The quantitative estimate of drug-likeness (QED) is 0.597. The van der Waals surface area contributed by atoms with Crippen LogP contribution in [0.1, 0.15) is 29.8 Å². The molecule has 1 N–H and O–H groups in total. The van der Waals surface area contributed by atoms with Crippen LogP contribution in [0.4, 0.5) is 5.69 Å². The Hall–Kier alpha value is -3.47. The van der Waals surface area contributed by atoms with E-state index in [-0.39, 0.29) is 18.1 Å². The normalized spacial score (nSPS) is 14.2. The predicted octanol–water partition coefficient (Wildman–Crippen LogP) is 1.10. The molecule has 0 atom stereocenters. The molecule has 0 spiro atoms. The van der Waals surface area contributed by atoms with E-state index in [1.54, 1.807) is 30.2 Å². The third kappa shape index (κ3) is 4.66. The number of benzene rings is 1. The molecule has 4 rings (SSSR count). The maximum atomic E-state index is 12.6. The van der Waals surface area contributed by atoms with E-state index in [1.165, 1.54) is 15.4 Å². The molecule has 0 saturated carbocycles. The molecule has 2 amide bonds. The van der Waals surface area contributed by atoms with Gasteiger partial charge in [-0.05, 0) is 37.5 Å². The Morgan fingerprint density at radius 1 is 1.23 bits per heavy atom. The van der Waals surface area contributed by atoms with E-state index in [0.29, 0.717) is 43.0 Å². The van der Waals surface area contributed by atoms with Crippen LogP contribution in [0.5, 0.6) is 0 Å². The van der Waals surface area contributed by atoms with Crippen molar-refractivity contribution < 1.29 is 18.7 Å². The van der Waals surface area contributed by atoms with Gasteiger partial charge in [0, 0.05) is 25.9 Å². The number of hydrogen-bond donors (Lipinski definition) is 1. The molecule has 31 heavy (non-hydrogen) atoms. The minimum atomic E-state index is -0.607. The third-order valence-electron chi connectivity index (χ3n) is 5.22. The Kier molecular flexibility index (Phi) is 6.12. The number of hydrogen-bond acceptors (Lipinski definition) is 7. The molecular formula is C20H24N6O5. The van der Waals surface area contributed by atoms with Crippen LogP contribution in [0.3, 0.4) is 0 Å². The first-order valence-corrected chi connectivity index (χ1v) is 10.2. The number of carbonyl (C=O) groups is 2. The molecule has 3 heterocycles. The average Bonchev–Trinajstić information content (AvgIpc) is 3.38. The maximum absolute atomic E-state index is 12.6. The summed E-state index contributed by atoms with van der Waals surface area (Å²) in [6, 6.07) is 4.82. The number of amides is 2. The Morgan fingerprint density at radius 3 is 2.81 bits per heavy atom. The minimum absolute atomic E-state index is 0.100. The van der Waals surface area contributed by atoms with Gasteiger partial charge in [-0.3, -0.25) is 14.2 Å². The molecule has 1 aliphatic heterocycles. The van der Waals surface area contributed by atoms with E-state index in [1.807, 2.05) is 0 Å². The summed E-state index contributed by atoms with van der Waals surface area (Å²) < 4.78 is 13.0. The van der Waals surface area contributed by atoms with Gasteiger partial charge in [-0.1, -0.05) is 5.21 Å². The first-order chi connectivity index (χ1) is 15.0. The van der Waals surface area contributed by atoms with E-state index in [9.17, 15) is 14.4 Å². The van der Waals surface area contributed by atoms with E-state index >= 15 is 0 Å². The number of ether oxygens (including phenoxy) is 1. The zero-order valence-corrected chi connectivity index (χ0v) is 17.2. The molecule has 11 heteroatoms. The topological polar surface area (TPSA) is 124 Å². The van der Waals surface area contributed by atoms with Crippen molar-refractivity contribution in [3.63, 3.8) is 0 Å². The summed E-state index contributed by atoms with van der Waals surface area (Å²) in [6.45, 7) is 2.24. The summed E-state index contributed by atoms with van der Waals surface area (Å²) >= 11 is 0. The van der Waals surface area contributed by atoms with Gasteiger partial charge in [0.05, 0.1) is 24.9 Å². The van der Waals surface area contributed by atoms with Gasteiger partial charge in [0.15, 0.2) is 11.3 Å². The number of nitrogens with one attached hydrogen (secondary N) is 1. The largest absolute Gasteiger partial charge is 0.420 e. The highest BCUT2D eigenvalue weighted by molar-refractivity contribution is 6.03. The monoisotopic (exact) mass is 428 g/mol. The molecule has 11 nitrogen and oxygen atoms in total. The van der Waals surface area contributed by atoms with Crippen LogP contribution in [0.15, 0.2) is 33.6 Å². The second-order valence-corrected chi connectivity index (χ2v) is 7.39. The first kappa shape index (κ1) is 20.8. The van der Waals surface area contributed by atoms with E-state index < -0.39 is 11.7 Å². The van der Waals surface area contributed by atoms with Crippen molar-refractivity contribution in [2.24, 2.45) is 0 Å². The fraction of sp³-hybridized carbons (Fsp3) is 0.450. The number of fused-ring (bicyclic) bond motifs is 1. The van der Waals surface area contributed by atoms with E-state index in [2.05, 4.69) is 15.6 Å². The van der Waals surface area contributed by atoms with Crippen molar-refractivity contribution in [2.75, 3.05) is 32.1 Å². The number of likely N-dealkylation sites (tertiary alicyclic amines) is 1. The van der Waals surface area contributed by atoms with Gasteiger partial charge in [0.2, 0.25) is 5.91 Å². The lowest BCUT2D eigenvalue weighted by Crippen LogP contribution is -2.39. The van der Waals surface area contributed by atoms with Crippen molar-refractivity contribution in [3.8, 4) is 0 Å². The molecule has 0 radical (unpaired) electrons. The molecule has 3 aromatic rings. The molecular weight excluding hydrogens is 404 g/mol. The molecule has 164 valence electrons. The Bertz CT molecular complexity index is 1140. The minimum Gasteiger partial charge on any atom is -0.408 e. The first-order valence-electron chi connectivity index (χ1n) is 10.2. The average molecular weight is 428 g/mol. The van der Waals surface area contributed by atoms with Crippen molar-refractivity contribution in [3.05, 3.63) is 40.6 Å². The van der Waals surface area contributed by atoms with Gasteiger partial charge < -0.3 is 19.4 Å². The standard InChI is InChI=1S/C20H24N6O5/c1-30-10-9-25-12-15(22-23-25)19(28)21-14-5-6-17-16(11-14)26(20(29)31-17)13-18(27)24-7-3-2-4-8-24/h5-6,11-12H,2-4,7-10,13H2,1H3,(H,21,28). The zero-order valence-electron chi connectivity index (χ0n) is 17.2. The van der Waals surface area contributed by atoms with Crippen molar-refractivity contribution in [1.29, 1.82) is 0 Å². The SMILES string of the molecule is COCCn1cc(C(=O)Nc2ccc3oc(=O)n(CC(=O)N4CCCCC4)c3c2)nn1. The summed E-state index contributed by atoms with van der Waals surface area (Å²) in [5.41, 5.74) is 1.39. The van der Waals surface area contributed by atoms with E-state index in [0.717, 1.165) is 19.3 Å². The molecule has 0 bridgehead atoms. The zero-order chi connectivity index (χ0) is 21.8. The highest BCUT2D eigenvalue weighted by Crippen LogP contribution is 2.20. The summed E-state index contributed by atoms with van der Waals surface area (Å²) in [4.78, 5) is 39.2. The third-order valence-corrected chi connectivity index (χ3v) is 5.22. The van der Waals surface area contributed by atoms with Crippen molar-refractivity contribution in [1.82, 2.24) is 24.5 Å². The van der Waals surface area contributed by atoms with Crippen LogP contribution in [-0.4, -0.2) is 63.1 Å². The summed E-state index contributed by atoms with van der Waals surface area (Å²) in [5, 5.41) is 10.5. The summed E-state index contributed by atoms with van der Waals surface area (Å²) in [7, 11) is 1.58. The second kappa shape index (κ2) is 9.13. The molecule has 1 aliphatic rings. The van der Waals surface area contributed by atoms with Gasteiger partial charge in [-0.25, -0.2) is 9.48 Å². The van der Waals surface area contributed by atoms with Crippen LogP contribution in [0.2, 0.25) is 0 Å². The lowest BCUT2D eigenvalue weighted by Gasteiger charge is -2.26. The van der Waals surface area contributed by atoms with Crippen LogP contribution in [-0.2, 0) is 22.6 Å². The predicted molar refractivity (Wildman–Crippen MR) is 111 cm³/mol. The fourth-order valence-corrected chi connectivity index (χ4v) is 3.56. The molecule has 0 aliphatic carbocycles. The van der Waals surface area contributed by atoms with Crippen LogP contribution in [0, 0.1) is 0 Å². The molecule has 1 fully saturated rings. The number of methoxy groups -OCH3 is 1. The van der Waals surface area contributed by atoms with Crippen LogP contribution >= 0.6 is 0 Å². The highest BCUT2D eigenvalue weighted by atomic mass is 16.5.